The van der Waals surface area contributed by atoms with Crippen LogP contribution in [0.4, 0.5) is 0 Å². The summed E-state index contributed by atoms with van der Waals surface area (Å²) >= 11 is 0. The molecule has 0 spiro atoms. The zero-order valence-electron chi connectivity index (χ0n) is 12.3. The molecule has 0 fully saturated rings. The number of benzene rings is 1. The van der Waals surface area contributed by atoms with Crippen LogP contribution in [0.3, 0.4) is 0 Å². The molecule has 0 bridgehead atoms. The van der Waals surface area contributed by atoms with E-state index in [-0.39, 0.29) is 5.54 Å². The van der Waals surface area contributed by atoms with E-state index in [0.717, 1.165) is 13.1 Å². The number of hydrogen-bond acceptors (Lipinski definition) is 2. The average Bonchev–Trinajstić information content (AvgIpc) is 2.72. The van der Waals surface area contributed by atoms with Crippen molar-refractivity contribution < 1.29 is 0 Å². The Morgan fingerprint density at radius 1 is 1.21 bits per heavy atom. The lowest BCUT2D eigenvalue weighted by atomic mass is 10.1. The first kappa shape index (κ1) is 13.8. The first-order valence-electron chi connectivity index (χ1n) is 6.74. The van der Waals surface area contributed by atoms with Crippen molar-refractivity contribution in [3.63, 3.8) is 0 Å². The highest BCUT2D eigenvalue weighted by atomic mass is 15.3. The Labute approximate surface area is 115 Å². The van der Waals surface area contributed by atoms with Gasteiger partial charge in [-0.1, -0.05) is 24.3 Å². The second-order valence-electron chi connectivity index (χ2n) is 6.14. The molecule has 1 heterocycles. The molecule has 3 heteroatoms. The topological polar surface area (TPSA) is 29.9 Å². The monoisotopic (exact) mass is 257 g/mol. The summed E-state index contributed by atoms with van der Waals surface area (Å²) in [4.78, 5) is 0. The Morgan fingerprint density at radius 2 is 1.95 bits per heavy atom. The molecule has 2 rings (SSSR count). The molecular weight excluding hydrogens is 234 g/mol. The van der Waals surface area contributed by atoms with Crippen molar-refractivity contribution in [2.24, 2.45) is 0 Å². The Bertz CT molecular complexity index is 535. The van der Waals surface area contributed by atoms with Crippen molar-refractivity contribution in [1.82, 2.24) is 15.1 Å². The summed E-state index contributed by atoms with van der Waals surface area (Å²) in [5.74, 6) is 0. The Kier molecular flexibility index (Phi) is 4.05. The SMILES string of the molecule is Cc1cnn(Cc2cccc(CNC(C)(C)C)c2)c1. The molecule has 0 saturated carbocycles. The van der Waals surface area contributed by atoms with Crippen LogP contribution < -0.4 is 5.32 Å². The summed E-state index contributed by atoms with van der Waals surface area (Å²) in [6.07, 6.45) is 3.96. The van der Waals surface area contributed by atoms with E-state index in [4.69, 9.17) is 0 Å². The van der Waals surface area contributed by atoms with E-state index < -0.39 is 0 Å². The van der Waals surface area contributed by atoms with E-state index in [9.17, 15) is 0 Å². The van der Waals surface area contributed by atoms with Crippen LogP contribution in [-0.2, 0) is 13.1 Å². The molecule has 102 valence electrons. The lowest BCUT2D eigenvalue weighted by Gasteiger charge is -2.20. The van der Waals surface area contributed by atoms with Crippen molar-refractivity contribution in [1.29, 1.82) is 0 Å². The standard InChI is InChI=1S/C16H23N3/c1-13-9-18-19(11-13)12-15-7-5-6-14(8-15)10-17-16(2,3)4/h5-9,11,17H,10,12H2,1-4H3. The molecule has 19 heavy (non-hydrogen) atoms. The maximum Gasteiger partial charge on any atom is 0.0659 e. The van der Waals surface area contributed by atoms with Gasteiger partial charge in [-0.25, -0.2) is 0 Å². The number of nitrogens with one attached hydrogen (secondary N) is 1. The molecule has 0 aliphatic rings. The first-order chi connectivity index (χ1) is 8.92. The fraction of sp³-hybridized carbons (Fsp3) is 0.438. The summed E-state index contributed by atoms with van der Waals surface area (Å²) in [5.41, 5.74) is 3.95. The molecule has 0 saturated heterocycles. The number of aromatic nitrogens is 2. The van der Waals surface area contributed by atoms with Crippen LogP contribution in [0.2, 0.25) is 0 Å². The molecule has 1 aromatic carbocycles. The first-order valence-corrected chi connectivity index (χ1v) is 6.74. The fourth-order valence-corrected chi connectivity index (χ4v) is 1.95. The van der Waals surface area contributed by atoms with Gasteiger partial charge in [-0.05, 0) is 44.4 Å². The molecule has 1 aromatic heterocycles. The Morgan fingerprint density at radius 3 is 2.58 bits per heavy atom. The van der Waals surface area contributed by atoms with Crippen LogP contribution in [-0.4, -0.2) is 15.3 Å². The van der Waals surface area contributed by atoms with Gasteiger partial charge in [0.25, 0.3) is 0 Å². The van der Waals surface area contributed by atoms with Gasteiger partial charge in [0.1, 0.15) is 0 Å². The molecule has 3 nitrogen and oxygen atoms in total. The molecule has 1 N–H and O–H groups in total. The maximum absolute atomic E-state index is 4.33. The van der Waals surface area contributed by atoms with Gasteiger partial charge in [-0.3, -0.25) is 4.68 Å². The zero-order valence-corrected chi connectivity index (χ0v) is 12.3. The van der Waals surface area contributed by atoms with Gasteiger partial charge in [-0.15, -0.1) is 0 Å². The summed E-state index contributed by atoms with van der Waals surface area (Å²) in [5, 5.41) is 7.84. The van der Waals surface area contributed by atoms with Crippen molar-refractivity contribution >= 4 is 0 Å². The predicted octanol–water partition coefficient (Wildman–Crippen LogP) is 3.13. The minimum Gasteiger partial charge on any atom is -0.308 e. The minimum absolute atomic E-state index is 0.148. The molecule has 2 aromatic rings. The summed E-state index contributed by atoms with van der Waals surface area (Å²) in [6, 6.07) is 8.68. The van der Waals surface area contributed by atoms with Crippen LogP contribution in [0.5, 0.6) is 0 Å². The van der Waals surface area contributed by atoms with E-state index in [1.807, 2.05) is 10.9 Å². The second-order valence-corrected chi connectivity index (χ2v) is 6.14. The molecule has 0 amide bonds. The number of hydrogen-bond donors (Lipinski definition) is 1. The van der Waals surface area contributed by atoms with E-state index in [1.165, 1.54) is 16.7 Å². The molecule has 0 atom stereocenters. The van der Waals surface area contributed by atoms with Gasteiger partial charge in [0, 0.05) is 18.3 Å². The van der Waals surface area contributed by atoms with Gasteiger partial charge >= 0.3 is 0 Å². The lowest BCUT2D eigenvalue weighted by molar-refractivity contribution is 0.424. The van der Waals surface area contributed by atoms with Gasteiger partial charge in [0.05, 0.1) is 12.7 Å². The highest BCUT2D eigenvalue weighted by molar-refractivity contribution is 5.24. The molecule has 0 aliphatic heterocycles. The number of nitrogens with zero attached hydrogens (tertiary/aromatic N) is 2. The normalized spacial score (nSPS) is 11.8. The number of rotatable bonds is 4. The van der Waals surface area contributed by atoms with Crippen LogP contribution >= 0.6 is 0 Å². The molecule has 0 unspecified atom stereocenters. The zero-order chi connectivity index (χ0) is 13.9. The highest BCUT2D eigenvalue weighted by Gasteiger charge is 2.08. The van der Waals surface area contributed by atoms with Gasteiger partial charge in [-0.2, -0.15) is 5.10 Å². The van der Waals surface area contributed by atoms with Crippen molar-refractivity contribution in [3.8, 4) is 0 Å². The lowest BCUT2D eigenvalue weighted by Crippen LogP contribution is -2.35. The molecule has 0 aliphatic carbocycles. The third-order valence-electron chi connectivity index (χ3n) is 2.92. The van der Waals surface area contributed by atoms with Crippen molar-refractivity contribution in [2.75, 3.05) is 0 Å². The highest BCUT2D eigenvalue weighted by Crippen LogP contribution is 2.09. The fourth-order valence-electron chi connectivity index (χ4n) is 1.95. The molecular formula is C16H23N3. The smallest absolute Gasteiger partial charge is 0.0659 e. The third-order valence-corrected chi connectivity index (χ3v) is 2.92. The molecule has 0 radical (unpaired) electrons. The Hall–Kier alpha value is -1.61. The van der Waals surface area contributed by atoms with E-state index in [2.05, 4.69) is 68.6 Å². The third kappa shape index (κ3) is 4.52. The average molecular weight is 257 g/mol. The van der Waals surface area contributed by atoms with E-state index >= 15 is 0 Å². The summed E-state index contributed by atoms with van der Waals surface area (Å²) < 4.78 is 1.98. The minimum atomic E-state index is 0.148. The van der Waals surface area contributed by atoms with Gasteiger partial charge < -0.3 is 5.32 Å². The Balaban J connectivity index is 2.02. The quantitative estimate of drug-likeness (QED) is 0.912. The summed E-state index contributed by atoms with van der Waals surface area (Å²) in [7, 11) is 0. The van der Waals surface area contributed by atoms with E-state index in [1.54, 1.807) is 0 Å². The summed E-state index contributed by atoms with van der Waals surface area (Å²) in [6.45, 7) is 10.3. The van der Waals surface area contributed by atoms with Crippen LogP contribution in [0, 0.1) is 6.92 Å². The van der Waals surface area contributed by atoms with Crippen LogP contribution in [0.1, 0.15) is 37.5 Å². The van der Waals surface area contributed by atoms with Gasteiger partial charge in [0.2, 0.25) is 0 Å². The van der Waals surface area contributed by atoms with Crippen LogP contribution in [0.15, 0.2) is 36.7 Å². The number of aryl methyl sites for hydroxylation is 1. The second kappa shape index (κ2) is 5.57. The van der Waals surface area contributed by atoms with Crippen LogP contribution in [0.25, 0.3) is 0 Å². The van der Waals surface area contributed by atoms with Gasteiger partial charge in [0.15, 0.2) is 0 Å². The maximum atomic E-state index is 4.33. The largest absolute Gasteiger partial charge is 0.308 e. The van der Waals surface area contributed by atoms with Crippen molar-refractivity contribution in [3.05, 3.63) is 53.3 Å². The van der Waals surface area contributed by atoms with Crippen molar-refractivity contribution in [2.45, 2.75) is 46.3 Å². The predicted molar refractivity (Wildman–Crippen MR) is 79.1 cm³/mol. The van der Waals surface area contributed by atoms with E-state index in [0.29, 0.717) is 0 Å².